The van der Waals surface area contributed by atoms with Crippen molar-refractivity contribution in [2.75, 3.05) is 13.7 Å². The number of fused-ring (bicyclic) bond motifs is 1. The van der Waals surface area contributed by atoms with Crippen molar-refractivity contribution in [1.29, 1.82) is 0 Å². The number of hydrogen-bond donors (Lipinski definition) is 1. The smallest absolute Gasteiger partial charge is 0.338 e. The van der Waals surface area contributed by atoms with Crippen molar-refractivity contribution >= 4 is 40.7 Å². The van der Waals surface area contributed by atoms with Crippen molar-refractivity contribution in [3.63, 3.8) is 0 Å². The Morgan fingerprint density at radius 2 is 1.73 bits per heavy atom. The van der Waals surface area contributed by atoms with Gasteiger partial charge in [-0.3, -0.25) is 19.3 Å². The van der Waals surface area contributed by atoms with E-state index in [9.17, 15) is 14.4 Å². The molecule has 0 bridgehead atoms. The number of carbonyl (C=O) groups is 2. The van der Waals surface area contributed by atoms with E-state index in [-0.39, 0.29) is 23.6 Å². The van der Waals surface area contributed by atoms with Crippen molar-refractivity contribution in [3.8, 4) is 0 Å². The van der Waals surface area contributed by atoms with Gasteiger partial charge in [-0.15, -0.1) is 11.3 Å². The van der Waals surface area contributed by atoms with Crippen LogP contribution in [0.1, 0.15) is 24.0 Å². The predicted octanol–water partition coefficient (Wildman–Crippen LogP) is 0.340. The summed E-state index contributed by atoms with van der Waals surface area (Å²) in [5, 5.41) is 0. The fourth-order valence-corrected chi connectivity index (χ4v) is 4.83. The molecule has 4 rings (SSSR count). The van der Waals surface area contributed by atoms with Crippen molar-refractivity contribution < 1.29 is 19.1 Å². The highest BCUT2D eigenvalue weighted by Gasteiger charge is 2.39. The van der Waals surface area contributed by atoms with E-state index in [0.29, 0.717) is 14.8 Å². The molecule has 2 N–H and O–H groups in total. The van der Waals surface area contributed by atoms with Crippen LogP contribution in [0.2, 0.25) is 0 Å². The molecule has 9 nitrogen and oxygen atoms in total. The molecule has 1 unspecified atom stereocenters. The quantitative estimate of drug-likeness (QED) is 0.536. The molecule has 3 aromatic heterocycles. The third kappa shape index (κ3) is 3.96. The highest BCUT2D eigenvalue weighted by Crippen LogP contribution is 2.37. The SMILES string of the molecule is CCOC(=O)C1=c2s/c(=C/c3ccncc3)c(=O)n2C(N)=C(C(=O)OC)C1c1ccncc1. The minimum atomic E-state index is -0.897. The Hall–Kier alpha value is -4.05. The van der Waals surface area contributed by atoms with Gasteiger partial charge in [0, 0.05) is 24.8 Å². The molecule has 168 valence electrons. The molecule has 33 heavy (non-hydrogen) atoms. The summed E-state index contributed by atoms with van der Waals surface area (Å²) in [6, 6.07) is 6.84. The van der Waals surface area contributed by atoms with E-state index in [1.807, 2.05) is 0 Å². The summed E-state index contributed by atoms with van der Waals surface area (Å²) >= 11 is 1.10. The van der Waals surface area contributed by atoms with Crippen molar-refractivity contribution in [3.05, 3.63) is 85.3 Å². The van der Waals surface area contributed by atoms with Gasteiger partial charge in [-0.2, -0.15) is 0 Å². The van der Waals surface area contributed by atoms with Crippen LogP contribution < -0.4 is 20.5 Å². The molecule has 10 heteroatoms. The van der Waals surface area contributed by atoms with E-state index in [2.05, 4.69) is 9.97 Å². The van der Waals surface area contributed by atoms with E-state index in [1.54, 1.807) is 62.1 Å². The van der Waals surface area contributed by atoms with Gasteiger partial charge in [-0.1, -0.05) is 0 Å². The van der Waals surface area contributed by atoms with Crippen LogP contribution in [0.15, 0.2) is 59.4 Å². The van der Waals surface area contributed by atoms with Gasteiger partial charge in [-0.05, 0) is 48.4 Å². The molecule has 0 amide bonds. The summed E-state index contributed by atoms with van der Waals surface area (Å²) < 4.78 is 12.1. The number of hydrogen-bond acceptors (Lipinski definition) is 9. The van der Waals surface area contributed by atoms with Gasteiger partial charge in [-0.25, -0.2) is 9.59 Å². The van der Waals surface area contributed by atoms with Gasteiger partial charge in [0.1, 0.15) is 10.5 Å². The molecule has 0 fully saturated rings. The third-order valence-corrected chi connectivity index (χ3v) is 6.20. The third-order valence-electron chi connectivity index (χ3n) is 5.09. The number of aromatic nitrogens is 3. The molecule has 0 aromatic carbocycles. The maximum atomic E-state index is 13.3. The van der Waals surface area contributed by atoms with Crippen LogP contribution in [0.5, 0.6) is 0 Å². The van der Waals surface area contributed by atoms with Crippen LogP contribution in [0, 0.1) is 0 Å². The molecule has 1 aliphatic rings. The highest BCUT2D eigenvalue weighted by molar-refractivity contribution is 7.07. The Bertz CT molecular complexity index is 1420. The summed E-state index contributed by atoms with van der Waals surface area (Å²) in [6.07, 6.45) is 7.98. The highest BCUT2D eigenvalue weighted by atomic mass is 32.1. The number of esters is 2. The normalized spacial score (nSPS) is 15.9. The summed E-state index contributed by atoms with van der Waals surface area (Å²) in [7, 11) is 1.21. The van der Waals surface area contributed by atoms with Gasteiger partial charge >= 0.3 is 11.9 Å². The number of pyridine rings is 2. The first kappa shape index (κ1) is 22.2. The second-order valence-corrected chi connectivity index (χ2v) is 8.01. The second kappa shape index (κ2) is 9.21. The molecular formula is C23H20N4O5S. The lowest BCUT2D eigenvalue weighted by Gasteiger charge is -2.26. The van der Waals surface area contributed by atoms with E-state index in [1.165, 1.54) is 11.7 Å². The molecular weight excluding hydrogens is 444 g/mol. The Labute approximate surface area is 192 Å². The first-order valence-corrected chi connectivity index (χ1v) is 10.8. The Balaban J connectivity index is 2.13. The lowest BCUT2D eigenvalue weighted by atomic mass is 9.83. The number of ether oxygens (including phenoxy) is 2. The van der Waals surface area contributed by atoms with E-state index in [4.69, 9.17) is 15.2 Å². The van der Waals surface area contributed by atoms with E-state index in [0.717, 1.165) is 16.9 Å². The zero-order valence-corrected chi connectivity index (χ0v) is 18.7. The van der Waals surface area contributed by atoms with Crippen molar-refractivity contribution in [2.24, 2.45) is 5.73 Å². The number of rotatable bonds is 5. The molecule has 3 aromatic rings. The standard InChI is InChI=1S/C23H20N4O5S/c1-3-32-23(30)18-16(14-6-10-26-11-7-14)17(22(29)31-2)19(24)27-20(28)15(33-21(18)27)12-13-4-8-25-9-5-13/h4-12,16H,3,24H2,1-2H3/b15-12+. The molecule has 1 aliphatic heterocycles. The average Bonchev–Trinajstić information content (AvgIpc) is 3.15. The molecule has 0 saturated heterocycles. The minimum Gasteiger partial charge on any atom is -0.466 e. The summed E-state index contributed by atoms with van der Waals surface area (Å²) in [5.41, 5.74) is 7.38. The van der Waals surface area contributed by atoms with Crippen LogP contribution in [0.4, 0.5) is 0 Å². The largest absolute Gasteiger partial charge is 0.466 e. The van der Waals surface area contributed by atoms with Crippen LogP contribution in [-0.2, 0) is 19.1 Å². The van der Waals surface area contributed by atoms with E-state index < -0.39 is 23.4 Å². The molecule has 0 saturated carbocycles. The Morgan fingerprint density at radius 1 is 1.09 bits per heavy atom. The summed E-state index contributed by atoms with van der Waals surface area (Å²) in [6.45, 7) is 1.79. The van der Waals surface area contributed by atoms with Gasteiger partial charge < -0.3 is 15.2 Å². The molecule has 4 heterocycles. The summed E-state index contributed by atoms with van der Waals surface area (Å²) in [5.74, 6) is -2.40. The molecule has 0 radical (unpaired) electrons. The minimum absolute atomic E-state index is 0.0189. The van der Waals surface area contributed by atoms with Crippen LogP contribution in [-0.4, -0.2) is 40.2 Å². The average molecular weight is 465 g/mol. The number of methoxy groups -OCH3 is 1. The maximum absolute atomic E-state index is 13.3. The molecule has 1 atom stereocenters. The van der Waals surface area contributed by atoms with Gasteiger partial charge in [0.15, 0.2) is 0 Å². The second-order valence-electron chi connectivity index (χ2n) is 6.98. The van der Waals surface area contributed by atoms with Gasteiger partial charge in [0.25, 0.3) is 5.56 Å². The lowest BCUT2D eigenvalue weighted by molar-refractivity contribution is -0.136. The summed E-state index contributed by atoms with van der Waals surface area (Å²) in [4.78, 5) is 47.3. The van der Waals surface area contributed by atoms with Crippen molar-refractivity contribution in [2.45, 2.75) is 12.8 Å². The zero-order valence-electron chi connectivity index (χ0n) is 17.8. The molecule has 0 spiro atoms. The predicted molar refractivity (Wildman–Crippen MR) is 122 cm³/mol. The maximum Gasteiger partial charge on any atom is 0.338 e. The van der Waals surface area contributed by atoms with Gasteiger partial charge in [0.05, 0.1) is 35.3 Å². The Kier molecular flexibility index (Phi) is 6.18. The zero-order chi connectivity index (χ0) is 23.5. The van der Waals surface area contributed by atoms with Crippen LogP contribution in [0.3, 0.4) is 0 Å². The first-order chi connectivity index (χ1) is 16.0. The fourth-order valence-electron chi connectivity index (χ4n) is 3.66. The van der Waals surface area contributed by atoms with Crippen molar-refractivity contribution in [1.82, 2.24) is 14.5 Å². The lowest BCUT2D eigenvalue weighted by Crippen LogP contribution is -2.41. The fraction of sp³-hybridized carbons (Fsp3) is 0.174. The number of nitrogens with zero attached hydrogens (tertiary/aromatic N) is 3. The Morgan fingerprint density at radius 3 is 2.33 bits per heavy atom. The number of thiazole rings is 1. The number of carbonyl (C=O) groups excluding carboxylic acids is 2. The van der Waals surface area contributed by atoms with Crippen LogP contribution in [0.25, 0.3) is 17.5 Å². The first-order valence-electron chi connectivity index (χ1n) is 10.0. The van der Waals surface area contributed by atoms with Gasteiger partial charge in [0.2, 0.25) is 0 Å². The number of nitrogens with two attached hydrogens (primary N) is 1. The van der Waals surface area contributed by atoms with Crippen LogP contribution >= 0.6 is 11.3 Å². The topological polar surface area (TPSA) is 126 Å². The monoisotopic (exact) mass is 464 g/mol. The molecule has 0 aliphatic carbocycles. The van der Waals surface area contributed by atoms with E-state index >= 15 is 0 Å².